The maximum absolute atomic E-state index is 14.0. The van der Waals surface area contributed by atoms with Crippen molar-refractivity contribution in [3.63, 3.8) is 0 Å². The molecule has 2 aliphatic heterocycles. The van der Waals surface area contributed by atoms with Crippen LogP contribution >= 0.6 is 0 Å². The number of benzene rings is 4. The Kier molecular flexibility index (Phi) is 7.93. The fourth-order valence-corrected chi connectivity index (χ4v) is 5.16. The number of hydrogen-bond donors (Lipinski definition) is 0. The second kappa shape index (κ2) is 12.2. The highest BCUT2D eigenvalue weighted by atomic mass is 16.7. The molecule has 0 saturated heterocycles. The number of carbonyl (C=O) groups is 4. The van der Waals surface area contributed by atoms with E-state index in [0.717, 1.165) is 0 Å². The van der Waals surface area contributed by atoms with Crippen molar-refractivity contribution in [1.82, 2.24) is 0 Å². The van der Waals surface area contributed by atoms with Crippen molar-refractivity contribution in [2.24, 2.45) is 0 Å². The highest BCUT2D eigenvalue weighted by Crippen LogP contribution is 2.43. The Balaban J connectivity index is 1.51. The molecule has 4 aromatic rings. The molecule has 0 N–H and O–H groups in total. The van der Waals surface area contributed by atoms with Gasteiger partial charge in [0.1, 0.15) is 0 Å². The summed E-state index contributed by atoms with van der Waals surface area (Å²) in [5.41, 5.74) is 0.0430. The molecule has 4 aromatic carbocycles. The van der Waals surface area contributed by atoms with E-state index in [1.165, 1.54) is 89.1 Å². The molecule has 0 radical (unpaired) electrons. The van der Waals surface area contributed by atoms with E-state index in [1.54, 1.807) is 0 Å². The molecule has 0 unspecified atom stereocenters. The highest BCUT2D eigenvalue weighted by molar-refractivity contribution is 6.52. The first-order chi connectivity index (χ1) is 22.3. The molecule has 0 fully saturated rings. The van der Waals surface area contributed by atoms with E-state index in [9.17, 15) is 19.2 Å². The largest absolute Gasteiger partial charge is 0.493 e. The Bertz CT molecular complexity index is 1790. The third-order valence-electron chi connectivity index (χ3n) is 7.51. The van der Waals surface area contributed by atoms with Crippen LogP contribution in [0.4, 0.5) is 0 Å². The Hall–Kier alpha value is -6.04. The maximum atomic E-state index is 14.0. The lowest BCUT2D eigenvalue weighted by molar-refractivity contribution is 0.0816. The summed E-state index contributed by atoms with van der Waals surface area (Å²) < 4.78 is 43.3. The Labute approximate surface area is 262 Å². The summed E-state index contributed by atoms with van der Waals surface area (Å²) >= 11 is 0. The molecule has 0 saturated carbocycles. The molecule has 234 valence electrons. The van der Waals surface area contributed by atoms with Crippen molar-refractivity contribution in [2.75, 3.05) is 42.0 Å². The third-order valence-corrected chi connectivity index (χ3v) is 7.51. The molecule has 0 amide bonds. The predicted octanol–water partition coefficient (Wildman–Crippen LogP) is 4.98. The zero-order chi connectivity index (χ0) is 32.5. The van der Waals surface area contributed by atoms with E-state index in [4.69, 9.17) is 37.9 Å². The second-order valence-corrected chi connectivity index (χ2v) is 9.96. The summed E-state index contributed by atoms with van der Waals surface area (Å²) in [5, 5.41) is 0. The van der Waals surface area contributed by atoms with E-state index in [0.29, 0.717) is 23.0 Å². The summed E-state index contributed by atoms with van der Waals surface area (Å²) in [6, 6.07) is 14.4. The minimum atomic E-state index is -0.926. The van der Waals surface area contributed by atoms with Gasteiger partial charge in [0.05, 0.1) is 28.4 Å². The van der Waals surface area contributed by atoms with E-state index in [1.807, 2.05) is 0 Å². The monoisotopic (exact) mass is 626 g/mol. The van der Waals surface area contributed by atoms with Crippen molar-refractivity contribution in [3.05, 3.63) is 82.9 Å². The fraction of sp³-hybridized carbons (Fsp3) is 0.176. The molecule has 0 aromatic heterocycles. The SMILES string of the molecule is COc1cc(C(=O)C(=O)c2ccc3c(c2)OCO3)c(-c2cc(OC)c(OC)cc2C(=O)C(=O)c2ccc3c(c2)OCO3)cc1OC. The number of ketones is 4. The van der Waals surface area contributed by atoms with Crippen LogP contribution in [0.15, 0.2) is 60.7 Å². The van der Waals surface area contributed by atoms with Crippen LogP contribution in [0.25, 0.3) is 11.1 Å². The summed E-state index contributed by atoms with van der Waals surface area (Å²) in [5.74, 6) is -1.37. The fourth-order valence-electron chi connectivity index (χ4n) is 5.16. The van der Waals surface area contributed by atoms with E-state index in [-0.39, 0.29) is 70.0 Å². The Morgan fingerprint density at radius 3 is 1.17 bits per heavy atom. The van der Waals surface area contributed by atoms with Crippen LogP contribution in [-0.2, 0) is 0 Å². The number of Topliss-reactive ketones (excluding diaryl/α,β-unsaturated/α-hetero) is 4. The molecule has 12 nitrogen and oxygen atoms in total. The van der Waals surface area contributed by atoms with Gasteiger partial charge in [0.2, 0.25) is 36.7 Å². The molecule has 0 aliphatic carbocycles. The molecule has 6 rings (SSSR count). The number of hydrogen-bond acceptors (Lipinski definition) is 12. The minimum absolute atomic E-state index is 0.0121. The lowest BCUT2D eigenvalue weighted by Crippen LogP contribution is -2.18. The zero-order valence-electron chi connectivity index (χ0n) is 25.1. The first kappa shape index (κ1) is 30.0. The minimum Gasteiger partial charge on any atom is -0.493 e. The van der Waals surface area contributed by atoms with Crippen molar-refractivity contribution in [1.29, 1.82) is 0 Å². The van der Waals surface area contributed by atoms with Crippen molar-refractivity contribution >= 4 is 23.1 Å². The normalized spacial score (nSPS) is 12.3. The summed E-state index contributed by atoms with van der Waals surface area (Å²) in [6.07, 6.45) is 0. The van der Waals surface area contributed by atoms with Crippen LogP contribution in [0.2, 0.25) is 0 Å². The molecule has 2 aliphatic rings. The van der Waals surface area contributed by atoms with Crippen LogP contribution in [0.5, 0.6) is 46.0 Å². The lowest BCUT2D eigenvalue weighted by Gasteiger charge is -2.18. The second-order valence-electron chi connectivity index (χ2n) is 9.96. The van der Waals surface area contributed by atoms with Gasteiger partial charge in [0.15, 0.2) is 46.0 Å². The summed E-state index contributed by atoms with van der Waals surface area (Å²) in [6.45, 7) is -0.0241. The first-order valence-electron chi connectivity index (χ1n) is 13.8. The number of rotatable bonds is 11. The van der Waals surface area contributed by atoms with Gasteiger partial charge in [-0.25, -0.2) is 0 Å². The van der Waals surface area contributed by atoms with Gasteiger partial charge in [-0.2, -0.15) is 0 Å². The van der Waals surface area contributed by atoms with Gasteiger partial charge in [-0.05, 0) is 71.8 Å². The predicted molar refractivity (Wildman–Crippen MR) is 161 cm³/mol. The molecule has 0 bridgehead atoms. The van der Waals surface area contributed by atoms with Gasteiger partial charge in [0.25, 0.3) is 0 Å². The van der Waals surface area contributed by atoms with Gasteiger partial charge < -0.3 is 37.9 Å². The van der Waals surface area contributed by atoms with Gasteiger partial charge in [-0.1, -0.05) is 0 Å². The third kappa shape index (κ3) is 5.19. The van der Waals surface area contributed by atoms with Gasteiger partial charge >= 0.3 is 0 Å². The molecule has 0 spiro atoms. The lowest BCUT2D eigenvalue weighted by atomic mass is 9.87. The van der Waals surface area contributed by atoms with Crippen molar-refractivity contribution in [3.8, 4) is 57.1 Å². The number of fused-ring (bicyclic) bond motifs is 2. The van der Waals surface area contributed by atoms with Crippen LogP contribution in [0.3, 0.4) is 0 Å². The van der Waals surface area contributed by atoms with Crippen LogP contribution in [0.1, 0.15) is 41.4 Å². The molecule has 2 heterocycles. The van der Waals surface area contributed by atoms with Crippen molar-refractivity contribution in [2.45, 2.75) is 0 Å². The Morgan fingerprint density at radius 1 is 0.457 bits per heavy atom. The molecule has 0 atom stereocenters. The molecular weight excluding hydrogens is 600 g/mol. The zero-order valence-corrected chi connectivity index (χ0v) is 25.1. The van der Waals surface area contributed by atoms with E-state index >= 15 is 0 Å². The van der Waals surface area contributed by atoms with Gasteiger partial charge in [0, 0.05) is 22.3 Å². The maximum Gasteiger partial charge on any atom is 0.234 e. The average molecular weight is 627 g/mol. The van der Waals surface area contributed by atoms with Crippen molar-refractivity contribution < 1.29 is 57.1 Å². The summed E-state index contributed by atoms with van der Waals surface area (Å²) in [4.78, 5) is 55.2. The average Bonchev–Trinajstić information content (AvgIpc) is 3.78. The smallest absolute Gasteiger partial charge is 0.234 e. The van der Waals surface area contributed by atoms with Gasteiger partial charge in [-0.3, -0.25) is 19.2 Å². The standard InChI is InChI=1S/C34H26O12/c1-39-25-11-19(21(13-27(25)41-3)33(37)31(35)17-5-7-23-29(9-17)45-15-43-23)20-12-26(40-2)28(42-4)14-22(20)34(38)32(36)18-6-8-24-30(10-18)46-16-44-24/h5-14H,15-16H2,1-4H3. The van der Waals surface area contributed by atoms with Crippen LogP contribution < -0.4 is 37.9 Å². The molecular formula is C34H26O12. The molecule has 46 heavy (non-hydrogen) atoms. The van der Waals surface area contributed by atoms with E-state index < -0.39 is 23.1 Å². The molecule has 12 heteroatoms. The first-order valence-corrected chi connectivity index (χ1v) is 13.8. The van der Waals surface area contributed by atoms with Crippen LogP contribution in [0, 0.1) is 0 Å². The van der Waals surface area contributed by atoms with E-state index in [2.05, 4.69) is 0 Å². The number of methoxy groups -OCH3 is 4. The Morgan fingerprint density at radius 2 is 0.804 bits per heavy atom. The number of carbonyl (C=O) groups excluding carboxylic acids is 4. The number of ether oxygens (including phenoxy) is 8. The topological polar surface area (TPSA) is 142 Å². The summed E-state index contributed by atoms with van der Waals surface area (Å²) in [7, 11) is 5.54. The van der Waals surface area contributed by atoms with Gasteiger partial charge in [-0.15, -0.1) is 0 Å². The highest BCUT2D eigenvalue weighted by Gasteiger charge is 2.31. The quantitative estimate of drug-likeness (QED) is 0.164. The van der Waals surface area contributed by atoms with Crippen LogP contribution in [-0.4, -0.2) is 65.2 Å².